The topological polar surface area (TPSA) is 27.0 Å². The Balaban J connectivity index is 1.97. The van der Waals surface area contributed by atoms with Crippen molar-refractivity contribution in [3.8, 4) is 6.07 Å². The molecule has 0 unspecified atom stereocenters. The average molecular weight is 200 g/mol. The first-order valence-corrected chi connectivity index (χ1v) is 5.55. The van der Waals surface area contributed by atoms with Gasteiger partial charge in [-0.15, -0.1) is 0 Å². The van der Waals surface area contributed by atoms with Crippen LogP contribution in [0.1, 0.15) is 24.8 Å². The molecule has 0 aliphatic carbocycles. The predicted molar refractivity (Wildman–Crippen MR) is 60.1 cm³/mol. The first kappa shape index (κ1) is 10.2. The summed E-state index contributed by atoms with van der Waals surface area (Å²) < 4.78 is 0. The molecule has 1 atom stereocenters. The Morgan fingerprint density at radius 3 is 2.87 bits per heavy atom. The van der Waals surface area contributed by atoms with Gasteiger partial charge in [0.2, 0.25) is 0 Å². The van der Waals surface area contributed by atoms with Crippen LogP contribution in [0.25, 0.3) is 0 Å². The van der Waals surface area contributed by atoms with Crippen LogP contribution in [0.4, 0.5) is 0 Å². The zero-order chi connectivity index (χ0) is 10.5. The van der Waals surface area contributed by atoms with E-state index in [1.807, 2.05) is 6.07 Å². The number of nitrogens with zero attached hydrogens (tertiary/aromatic N) is 2. The number of likely N-dealkylation sites (tertiary alicyclic amines) is 1. The van der Waals surface area contributed by atoms with Gasteiger partial charge in [-0.3, -0.25) is 4.90 Å². The van der Waals surface area contributed by atoms with Crippen LogP contribution in [0, 0.1) is 11.3 Å². The summed E-state index contributed by atoms with van der Waals surface area (Å²) in [5.74, 6) is 0. The molecule has 2 heteroatoms. The largest absolute Gasteiger partial charge is 0.295 e. The van der Waals surface area contributed by atoms with E-state index in [-0.39, 0.29) is 0 Å². The Bertz CT molecular complexity index is 339. The van der Waals surface area contributed by atoms with Crippen LogP contribution >= 0.6 is 0 Å². The molecule has 0 amide bonds. The normalized spacial score (nSPS) is 21.4. The summed E-state index contributed by atoms with van der Waals surface area (Å²) in [5, 5.41) is 8.73. The lowest BCUT2D eigenvalue weighted by Crippen LogP contribution is -2.28. The van der Waals surface area contributed by atoms with E-state index in [4.69, 9.17) is 5.26 Å². The van der Waals surface area contributed by atoms with Gasteiger partial charge in [-0.05, 0) is 24.9 Å². The molecule has 15 heavy (non-hydrogen) atoms. The number of rotatable bonds is 3. The monoisotopic (exact) mass is 200 g/mol. The lowest BCUT2D eigenvalue weighted by atomic mass is 10.1. The summed E-state index contributed by atoms with van der Waals surface area (Å²) in [5.41, 5.74) is 1.35. The van der Waals surface area contributed by atoms with Gasteiger partial charge in [-0.1, -0.05) is 30.3 Å². The summed E-state index contributed by atoms with van der Waals surface area (Å²) >= 11 is 0. The van der Waals surface area contributed by atoms with Crippen molar-refractivity contribution in [1.29, 1.82) is 5.26 Å². The van der Waals surface area contributed by atoms with E-state index in [1.165, 1.54) is 18.4 Å². The molecule has 1 aromatic rings. The minimum absolute atomic E-state index is 0.482. The third-order valence-electron chi connectivity index (χ3n) is 3.05. The van der Waals surface area contributed by atoms with E-state index >= 15 is 0 Å². The quantitative estimate of drug-likeness (QED) is 0.749. The Morgan fingerprint density at radius 2 is 2.13 bits per heavy atom. The molecular formula is C13H16N2. The maximum atomic E-state index is 8.73. The smallest absolute Gasteiger partial charge is 0.0638 e. The molecule has 1 aliphatic heterocycles. The molecule has 78 valence electrons. The molecule has 1 fully saturated rings. The maximum Gasteiger partial charge on any atom is 0.0638 e. The fraction of sp³-hybridized carbons (Fsp3) is 0.462. The van der Waals surface area contributed by atoms with Crippen molar-refractivity contribution in [3.63, 3.8) is 0 Å². The fourth-order valence-corrected chi connectivity index (χ4v) is 2.26. The van der Waals surface area contributed by atoms with Crippen molar-refractivity contribution >= 4 is 0 Å². The van der Waals surface area contributed by atoms with Gasteiger partial charge < -0.3 is 0 Å². The van der Waals surface area contributed by atoms with E-state index in [0.29, 0.717) is 12.5 Å². The highest BCUT2D eigenvalue weighted by Gasteiger charge is 2.23. The Hall–Kier alpha value is -1.33. The first-order valence-electron chi connectivity index (χ1n) is 5.55. The molecule has 2 nitrogen and oxygen atoms in total. The van der Waals surface area contributed by atoms with Crippen molar-refractivity contribution in [2.75, 3.05) is 6.54 Å². The molecule has 1 saturated heterocycles. The molecule has 0 aromatic heterocycles. The minimum atomic E-state index is 0.482. The summed E-state index contributed by atoms with van der Waals surface area (Å²) in [6, 6.07) is 13.3. The summed E-state index contributed by atoms with van der Waals surface area (Å²) in [4.78, 5) is 2.43. The summed E-state index contributed by atoms with van der Waals surface area (Å²) in [6.07, 6.45) is 3.09. The van der Waals surface area contributed by atoms with Crippen molar-refractivity contribution in [3.05, 3.63) is 35.9 Å². The lowest BCUT2D eigenvalue weighted by Gasteiger charge is -2.22. The Labute approximate surface area is 91.1 Å². The van der Waals surface area contributed by atoms with Crippen LogP contribution in [0.3, 0.4) is 0 Å². The summed E-state index contributed by atoms with van der Waals surface area (Å²) in [6.45, 7) is 2.13. The van der Waals surface area contributed by atoms with Gasteiger partial charge in [0, 0.05) is 12.6 Å². The maximum absolute atomic E-state index is 8.73. The van der Waals surface area contributed by atoms with Gasteiger partial charge in [-0.25, -0.2) is 0 Å². The standard InChI is InChI=1S/C13H16N2/c14-9-8-13-7-4-10-15(13)11-12-5-2-1-3-6-12/h1-3,5-6,13H,4,7-8,10-11H2/t13-/m1/s1. The number of nitriles is 1. The molecule has 0 saturated carbocycles. The van der Waals surface area contributed by atoms with Crippen molar-refractivity contribution in [2.24, 2.45) is 0 Å². The second-order valence-electron chi connectivity index (χ2n) is 4.11. The molecule has 0 bridgehead atoms. The number of benzene rings is 1. The zero-order valence-electron chi connectivity index (χ0n) is 8.89. The summed E-state index contributed by atoms with van der Waals surface area (Å²) in [7, 11) is 0. The van der Waals surface area contributed by atoms with E-state index in [1.54, 1.807) is 0 Å². The van der Waals surface area contributed by atoms with E-state index < -0.39 is 0 Å². The lowest BCUT2D eigenvalue weighted by molar-refractivity contribution is 0.248. The van der Waals surface area contributed by atoms with Crippen LogP contribution < -0.4 is 0 Å². The second-order valence-corrected chi connectivity index (χ2v) is 4.11. The zero-order valence-corrected chi connectivity index (χ0v) is 8.89. The molecule has 0 N–H and O–H groups in total. The molecule has 1 aliphatic rings. The van der Waals surface area contributed by atoms with Crippen molar-refractivity contribution in [2.45, 2.75) is 31.8 Å². The van der Waals surface area contributed by atoms with Gasteiger partial charge in [0.15, 0.2) is 0 Å². The highest BCUT2D eigenvalue weighted by atomic mass is 15.2. The third kappa shape index (κ3) is 2.57. The second kappa shape index (κ2) is 4.95. The average Bonchev–Trinajstić information content (AvgIpc) is 2.68. The molecular weight excluding hydrogens is 184 g/mol. The number of hydrogen-bond acceptors (Lipinski definition) is 2. The molecule has 2 rings (SSSR count). The number of hydrogen-bond donors (Lipinski definition) is 0. The first-order chi connectivity index (χ1) is 7.40. The molecule has 0 spiro atoms. The Morgan fingerprint density at radius 1 is 1.33 bits per heavy atom. The van der Waals surface area contributed by atoms with E-state index in [2.05, 4.69) is 35.2 Å². The Kier molecular flexibility index (Phi) is 3.37. The van der Waals surface area contributed by atoms with Crippen LogP contribution in [0.2, 0.25) is 0 Å². The van der Waals surface area contributed by atoms with Gasteiger partial charge in [0.25, 0.3) is 0 Å². The van der Waals surface area contributed by atoms with Gasteiger partial charge in [-0.2, -0.15) is 5.26 Å². The molecule has 0 radical (unpaired) electrons. The van der Waals surface area contributed by atoms with Crippen LogP contribution in [0.5, 0.6) is 0 Å². The van der Waals surface area contributed by atoms with Crippen molar-refractivity contribution in [1.82, 2.24) is 4.90 Å². The van der Waals surface area contributed by atoms with E-state index in [9.17, 15) is 0 Å². The fourth-order valence-electron chi connectivity index (χ4n) is 2.26. The SMILES string of the molecule is N#CC[C@H]1CCCN1Cc1ccccc1. The van der Waals surface area contributed by atoms with Crippen LogP contribution in [-0.2, 0) is 6.54 Å². The minimum Gasteiger partial charge on any atom is -0.295 e. The molecule has 1 heterocycles. The predicted octanol–water partition coefficient (Wildman–Crippen LogP) is 2.56. The van der Waals surface area contributed by atoms with Crippen molar-refractivity contribution < 1.29 is 0 Å². The highest BCUT2D eigenvalue weighted by Crippen LogP contribution is 2.21. The van der Waals surface area contributed by atoms with Crippen LogP contribution in [-0.4, -0.2) is 17.5 Å². The van der Waals surface area contributed by atoms with E-state index in [0.717, 1.165) is 13.1 Å². The van der Waals surface area contributed by atoms with Gasteiger partial charge in [0.05, 0.1) is 12.5 Å². The van der Waals surface area contributed by atoms with Crippen LogP contribution in [0.15, 0.2) is 30.3 Å². The third-order valence-corrected chi connectivity index (χ3v) is 3.05. The van der Waals surface area contributed by atoms with Gasteiger partial charge >= 0.3 is 0 Å². The molecule has 1 aromatic carbocycles. The van der Waals surface area contributed by atoms with Gasteiger partial charge in [0.1, 0.15) is 0 Å². The highest BCUT2D eigenvalue weighted by molar-refractivity contribution is 5.14.